The molecule has 3 saturated carbocycles. The second kappa shape index (κ2) is 8.36. The van der Waals surface area contributed by atoms with Gasteiger partial charge in [-0.25, -0.2) is 9.18 Å². The molecule has 3 aliphatic carbocycles. The Morgan fingerprint density at radius 2 is 1.79 bits per heavy atom. The maximum Gasteiger partial charge on any atom is 0.414 e. The first-order chi connectivity index (χ1) is 15.3. The average molecular weight is 522 g/mol. The molecule has 3 aliphatic rings. The highest BCUT2D eigenvalue weighted by Crippen LogP contribution is 2.57. The molecule has 0 spiro atoms. The van der Waals surface area contributed by atoms with Crippen LogP contribution in [0.15, 0.2) is 33.3 Å². The van der Waals surface area contributed by atoms with E-state index in [2.05, 4.69) is 26.1 Å². The highest BCUT2D eigenvalue weighted by molar-refractivity contribution is 9.10. The fourth-order valence-corrected chi connectivity index (χ4v) is 5.46. The van der Waals surface area contributed by atoms with Crippen molar-refractivity contribution in [3.63, 3.8) is 0 Å². The van der Waals surface area contributed by atoms with E-state index in [1.807, 2.05) is 45.0 Å². The smallest absolute Gasteiger partial charge is 0.414 e. The lowest BCUT2D eigenvalue weighted by Crippen LogP contribution is -2.51. The molecule has 0 aliphatic heterocycles. The number of halogens is 2. The number of nitrogens with zero attached hydrogens (tertiary/aromatic N) is 3. The monoisotopic (exact) mass is 521 g/mol. The molecular weight excluding hydrogens is 489 g/mol. The van der Waals surface area contributed by atoms with E-state index < -0.39 is 11.3 Å². The molecule has 1 heterocycles. The third-order valence-electron chi connectivity index (χ3n) is 7.04. The first kappa shape index (κ1) is 24.2. The maximum absolute atomic E-state index is 14.3. The summed E-state index contributed by atoms with van der Waals surface area (Å²) in [7, 11) is 0. The Labute approximate surface area is 203 Å². The third kappa shape index (κ3) is 5.10. The number of carbonyl (C=O) groups excluding carboxylic acids is 1. The van der Waals surface area contributed by atoms with Crippen LogP contribution in [0.2, 0.25) is 0 Å². The van der Waals surface area contributed by atoms with Crippen LogP contribution in [0.3, 0.4) is 0 Å². The summed E-state index contributed by atoms with van der Waals surface area (Å²) in [5.74, 6) is 0.674. The summed E-state index contributed by atoms with van der Waals surface area (Å²) < 4.78 is 26.2. The highest BCUT2D eigenvalue weighted by atomic mass is 79.9. The van der Waals surface area contributed by atoms with Gasteiger partial charge in [0, 0.05) is 22.1 Å². The summed E-state index contributed by atoms with van der Waals surface area (Å²) in [5.41, 5.74) is -1.56. The molecule has 0 N–H and O–H groups in total. The number of ether oxygens (including phenoxy) is 1. The van der Waals surface area contributed by atoms with E-state index in [1.54, 1.807) is 4.90 Å². The lowest BCUT2D eigenvalue weighted by Gasteiger charge is -2.53. The topological polar surface area (TPSA) is 68.5 Å². The molecule has 1 aromatic carbocycles. The number of anilines is 1. The van der Waals surface area contributed by atoms with Gasteiger partial charge < -0.3 is 9.26 Å². The highest BCUT2D eigenvalue weighted by Gasteiger charge is 2.53. The quantitative estimate of drug-likeness (QED) is 0.420. The molecule has 0 radical (unpaired) electrons. The summed E-state index contributed by atoms with van der Waals surface area (Å²) in [4.78, 5) is 19.4. The van der Waals surface area contributed by atoms with Crippen LogP contribution >= 0.6 is 15.9 Å². The van der Waals surface area contributed by atoms with Crippen molar-refractivity contribution in [1.29, 1.82) is 0 Å². The van der Waals surface area contributed by atoms with Crippen molar-refractivity contribution in [2.75, 3.05) is 11.4 Å². The molecular formula is C25H33BrFN3O3. The molecule has 33 heavy (non-hydrogen) atoms. The van der Waals surface area contributed by atoms with E-state index in [0.29, 0.717) is 12.4 Å². The zero-order valence-electron chi connectivity index (χ0n) is 20.1. The van der Waals surface area contributed by atoms with Crippen LogP contribution in [0, 0.1) is 5.41 Å². The predicted molar refractivity (Wildman–Crippen MR) is 128 cm³/mol. The number of alkyl halides is 1. The summed E-state index contributed by atoms with van der Waals surface area (Å²) in [6.07, 6.45) is 5.22. The first-order valence-electron chi connectivity index (χ1n) is 11.6. The standard InChI is InChI=1S/C25H33BrFN3O3/c1-22(2,3)32-21(31)30(18-8-6-7-17(26)15-18)16-24-9-12-25(13-10-24,14-11-24)19-28-20(33-29-19)23(4,5)27/h6-8,15H,9-14,16H2,1-5H3. The third-order valence-corrected chi connectivity index (χ3v) is 7.53. The lowest BCUT2D eigenvalue weighted by molar-refractivity contribution is 0.0305. The van der Waals surface area contributed by atoms with Gasteiger partial charge in [0.05, 0.1) is 0 Å². The van der Waals surface area contributed by atoms with Gasteiger partial charge in [-0.05, 0) is 96.8 Å². The van der Waals surface area contributed by atoms with Crippen LogP contribution in [0.1, 0.15) is 84.9 Å². The Kier molecular flexibility index (Phi) is 6.13. The SMILES string of the molecule is CC(C)(C)OC(=O)N(CC12CCC(c3noc(C(C)(C)F)n3)(CC1)CC2)c1cccc(Br)c1. The number of hydrogen-bond acceptors (Lipinski definition) is 5. The Morgan fingerprint density at radius 3 is 2.30 bits per heavy atom. The van der Waals surface area contributed by atoms with E-state index in [4.69, 9.17) is 9.26 Å². The zero-order valence-corrected chi connectivity index (χ0v) is 21.7. The van der Waals surface area contributed by atoms with Gasteiger partial charge >= 0.3 is 6.09 Å². The van der Waals surface area contributed by atoms with Crippen LogP contribution in [-0.4, -0.2) is 28.4 Å². The summed E-state index contributed by atoms with van der Waals surface area (Å²) >= 11 is 3.53. The zero-order chi connectivity index (χ0) is 24.1. The van der Waals surface area contributed by atoms with Crippen molar-refractivity contribution in [1.82, 2.24) is 10.1 Å². The molecule has 3 fully saturated rings. The largest absolute Gasteiger partial charge is 0.443 e. The van der Waals surface area contributed by atoms with Crippen molar-refractivity contribution < 1.29 is 18.4 Å². The fraction of sp³-hybridized carbons (Fsp3) is 0.640. The second-order valence-electron chi connectivity index (χ2n) is 11.2. The Hall–Kier alpha value is -1.96. The fourth-order valence-electron chi connectivity index (χ4n) is 5.07. The Morgan fingerprint density at radius 1 is 1.15 bits per heavy atom. The number of benzene rings is 1. The number of fused-ring (bicyclic) bond motifs is 3. The van der Waals surface area contributed by atoms with Gasteiger partial charge in [-0.3, -0.25) is 4.90 Å². The molecule has 2 bridgehead atoms. The number of hydrogen-bond donors (Lipinski definition) is 0. The van der Waals surface area contributed by atoms with Gasteiger partial charge in [-0.15, -0.1) is 0 Å². The van der Waals surface area contributed by atoms with Gasteiger partial charge in [0.1, 0.15) is 5.60 Å². The first-order valence-corrected chi connectivity index (χ1v) is 12.4. The maximum atomic E-state index is 14.3. The number of aromatic nitrogens is 2. The molecule has 0 saturated heterocycles. The normalized spacial score (nSPS) is 25.2. The molecule has 2 aromatic rings. The van der Waals surface area contributed by atoms with Gasteiger partial charge in [0.2, 0.25) is 0 Å². The van der Waals surface area contributed by atoms with Crippen LogP contribution in [-0.2, 0) is 15.8 Å². The van der Waals surface area contributed by atoms with E-state index in [9.17, 15) is 9.18 Å². The average Bonchev–Trinajstić information content (AvgIpc) is 3.24. The molecule has 6 nitrogen and oxygen atoms in total. The summed E-state index contributed by atoms with van der Waals surface area (Å²) in [6.45, 7) is 9.12. The molecule has 0 unspecified atom stereocenters. The van der Waals surface area contributed by atoms with Gasteiger partial charge in [-0.1, -0.05) is 27.2 Å². The molecule has 5 rings (SSSR count). The van der Waals surface area contributed by atoms with Gasteiger partial charge in [0.15, 0.2) is 11.5 Å². The van der Waals surface area contributed by atoms with Crippen molar-refractivity contribution >= 4 is 27.7 Å². The van der Waals surface area contributed by atoms with Crippen LogP contribution in [0.4, 0.5) is 14.9 Å². The Bertz CT molecular complexity index is 1000. The van der Waals surface area contributed by atoms with E-state index >= 15 is 0 Å². The molecule has 1 amide bonds. The molecule has 8 heteroatoms. The van der Waals surface area contributed by atoms with E-state index in [-0.39, 0.29) is 22.8 Å². The van der Waals surface area contributed by atoms with Crippen LogP contribution < -0.4 is 4.90 Å². The van der Waals surface area contributed by atoms with E-state index in [1.165, 1.54) is 13.8 Å². The minimum absolute atomic E-state index is 0.00684. The lowest BCUT2D eigenvalue weighted by atomic mass is 9.53. The second-order valence-corrected chi connectivity index (χ2v) is 12.1. The number of carbonyl (C=O) groups is 1. The minimum atomic E-state index is -1.65. The molecule has 180 valence electrons. The Balaban J connectivity index is 1.54. The van der Waals surface area contributed by atoms with Gasteiger partial charge in [0.25, 0.3) is 5.89 Å². The van der Waals surface area contributed by atoms with E-state index in [0.717, 1.165) is 48.7 Å². The van der Waals surface area contributed by atoms with Gasteiger partial charge in [-0.2, -0.15) is 4.98 Å². The van der Waals surface area contributed by atoms with Crippen LogP contribution in [0.5, 0.6) is 0 Å². The minimum Gasteiger partial charge on any atom is -0.443 e. The van der Waals surface area contributed by atoms with Crippen molar-refractivity contribution in [2.24, 2.45) is 5.41 Å². The number of rotatable bonds is 5. The van der Waals surface area contributed by atoms with Crippen molar-refractivity contribution in [3.05, 3.63) is 40.5 Å². The summed E-state index contributed by atoms with van der Waals surface area (Å²) in [5, 5.41) is 4.17. The van der Waals surface area contributed by atoms with Crippen molar-refractivity contribution in [2.45, 2.75) is 89.8 Å². The predicted octanol–water partition coefficient (Wildman–Crippen LogP) is 7.07. The molecule has 0 atom stereocenters. The molecule has 1 aromatic heterocycles. The summed E-state index contributed by atoms with van der Waals surface area (Å²) in [6, 6.07) is 7.78. The van der Waals surface area contributed by atoms with Crippen LogP contribution in [0.25, 0.3) is 0 Å². The number of amides is 1. The van der Waals surface area contributed by atoms with Crippen molar-refractivity contribution in [3.8, 4) is 0 Å².